The summed E-state index contributed by atoms with van der Waals surface area (Å²) < 4.78 is 14.1. The van der Waals surface area contributed by atoms with Gasteiger partial charge in [0.05, 0.1) is 5.69 Å². The summed E-state index contributed by atoms with van der Waals surface area (Å²) in [6.45, 7) is 9.34. The van der Waals surface area contributed by atoms with Crippen molar-refractivity contribution >= 4 is 5.69 Å². The van der Waals surface area contributed by atoms with E-state index in [1.165, 1.54) is 0 Å². The average molecular weight is 250 g/mol. The van der Waals surface area contributed by atoms with Gasteiger partial charge in [-0.2, -0.15) is 0 Å². The molecule has 1 N–H and O–H groups in total. The Bertz CT molecular complexity index is 390. The van der Waals surface area contributed by atoms with Crippen LogP contribution in [0.3, 0.4) is 0 Å². The van der Waals surface area contributed by atoms with E-state index in [1.54, 1.807) is 12.1 Å². The zero-order valence-corrected chi connectivity index (χ0v) is 11.5. The van der Waals surface area contributed by atoms with Crippen molar-refractivity contribution in [1.29, 1.82) is 0 Å². The molecule has 100 valence electrons. The van der Waals surface area contributed by atoms with Crippen molar-refractivity contribution in [3.8, 4) is 0 Å². The molecule has 1 atom stereocenters. The van der Waals surface area contributed by atoms with Gasteiger partial charge >= 0.3 is 0 Å². The molecule has 1 unspecified atom stereocenters. The summed E-state index contributed by atoms with van der Waals surface area (Å²) in [5, 5.41) is 3.11. The lowest BCUT2D eigenvalue weighted by atomic mass is 10.1. The number of anilines is 1. The first kappa shape index (κ1) is 14.7. The third kappa shape index (κ3) is 3.57. The van der Waals surface area contributed by atoms with Crippen LogP contribution in [0.4, 0.5) is 10.1 Å². The molecule has 3 heteroatoms. The number of halogens is 1. The maximum atomic E-state index is 14.1. The van der Waals surface area contributed by atoms with Gasteiger partial charge in [-0.1, -0.05) is 19.1 Å². The Morgan fingerprint density at radius 1 is 1.50 bits per heavy atom. The van der Waals surface area contributed by atoms with E-state index in [1.807, 2.05) is 31.0 Å². The molecule has 1 aromatic carbocycles. The lowest BCUT2D eigenvalue weighted by Gasteiger charge is -2.24. The van der Waals surface area contributed by atoms with Gasteiger partial charge < -0.3 is 10.2 Å². The quantitative estimate of drug-likeness (QED) is 0.745. The standard InChI is InChI=1S/C15H23FN2/c1-5-9-18(10-6-2)15-8-7-13(11-14(15)16)12(3)17-4/h5,7-8,11-12,17H,1,6,9-10H2,2-4H3. The van der Waals surface area contributed by atoms with E-state index in [-0.39, 0.29) is 11.9 Å². The minimum absolute atomic E-state index is 0.160. The molecule has 2 nitrogen and oxygen atoms in total. The SMILES string of the molecule is C=CCN(CCC)c1ccc(C(C)NC)cc1F. The second-order valence-corrected chi connectivity index (χ2v) is 4.46. The zero-order valence-electron chi connectivity index (χ0n) is 11.5. The summed E-state index contributed by atoms with van der Waals surface area (Å²) in [6, 6.07) is 5.61. The largest absolute Gasteiger partial charge is 0.365 e. The molecule has 1 aromatic rings. The van der Waals surface area contributed by atoms with Crippen LogP contribution in [0.25, 0.3) is 0 Å². The van der Waals surface area contributed by atoms with Crippen LogP contribution in [0.2, 0.25) is 0 Å². The first-order chi connectivity index (χ1) is 8.63. The van der Waals surface area contributed by atoms with E-state index in [0.717, 1.165) is 18.5 Å². The highest BCUT2D eigenvalue weighted by molar-refractivity contribution is 5.50. The predicted molar refractivity (Wildman–Crippen MR) is 76.6 cm³/mol. The average Bonchev–Trinajstić information content (AvgIpc) is 2.37. The number of rotatable bonds is 7. The molecule has 0 aliphatic rings. The summed E-state index contributed by atoms with van der Waals surface area (Å²) in [6.07, 6.45) is 2.79. The van der Waals surface area contributed by atoms with Crippen molar-refractivity contribution in [2.45, 2.75) is 26.3 Å². The molecule has 0 aliphatic carbocycles. The van der Waals surface area contributed by atoms with E-state index in [4.69, 9.17) is 0 Å². The molecule has 18 heavy (non-hydrogen) atoms. The molecule has 0 saturated heterocycles. The highest BCUT2D eigenvalue weighted by Crippen LogP contribution is 2.23. The summed E-state index contributed by atoms with van der Waals surface area (Å²) in [5.74, 6) is -0.162. The van der Waals surface area contributed by atoms with Crippen molar-refractivity contribution in [2.24, 2.45) is 0 Å². The van der Waals surface area contributed by atoms with Crippen molar-refractivity contribution in [3.05, 3.63) is 42.2 Å². The molecule has 0 spiro atoms. The zero-order chi connectivity index (χ0) is 13.5. The molecular weight excluding hydrogens is 227 g/mol. The fourth-order valence-electron chi connectivity index (χ4n) is 1.95. The van der Waals surface area contributed by atoms with E-state index >= 15 is 0 Å². The lowest BCUT2D eigenvalue weighted by molar-refractivity contribution is 0.602. The molecule has 0 radical (unpaired) electrons. The normalized spacial score (nSPS) is 12.2. The summed E-state index contributed by atoms with van der Waals surface area (Å²) >= 11 is 0. The smallest absolute Gasteiger partial charge is 0.146 e. The highest BCUT2D eigenvalue weighted by Gasteiger charge is 2.12. The topological polar surface area (TPSA) is 15.3 Å². The molecule has 1 rings (SSSR count). The van der Waals surface area contributed by atoms with Gasteiger partial charge in [-0.15, -0.1) is 6.58 Å². The molecule has 0 aliphatic heterocycles. The second kappa shape index (κ2) is 7.17. The van der Waals surface area contributed by atoms with E-state index in [2.05, 4.69) is 18.8 Å². The van der Waals surface area contributed by atoms with Gasteiger partial charge in [0, 0.05) is 19.1 Å². The van der Waals surface area contributed by atoms with Crippen LogP contribution in [0, 0.1) is 5.82 Å². The third-order valence-corrected chi connectivity index (χ3v) is 3.09. The van der Waals surface area contributed by atoms with Crippen molar-refractivity contribution in [2.75, 3.05) is 25.0 Å². The number of benzene rings is 1. The van der Waals surface area contributed by atoms with E-state index in [9.17, 15) is 4.39 Å². The molecule has 0 aromatic heterocycles. The maximum Gasteiger partial charge on any atom is 0.146 e. The monoisotopic (exact) mass is 250 g/mol. The van der Waals surface area contributed by atoms with Crippen molar-refractivity contribution in [1.82, 2.24) is 5.32 Å². The minimum Gasteiger partial charge on any atom is -0.365 e. The Morgan fingerprint density at radius 2 is 2.22 bits per heavy atom. The first-order valence-electron chi connectivity index (χ1n) is 6.46. The minimum atomic E-state index is -0.162. The number of hydrogen-bond acceptors (Lipinski definition) is 2. The van der Waals surface area contributed by atoms with Gasteiger partial charge in [-0.05, 0) is 38.1 Å². The van der Waals surface area contributed by atoms with Crippen LogP contribution < -0.4 is 10.2 Å². The Balaban J connectivity index is 2.98. The summed E-state index contributed by atoms with van der Waals surface area (Å²) in [4.78, 5) is 2.01. The Hall–Kier alpha value is -1.35. The molecule has 0 amide bonds. The fourth-order valence-corrected chi connectivity index (χ4v) is 1.95. The lowest BCUT2D eigenvalue weighted by Crippen LogP contribution is -2.25. The number of nitrogens with one attached hydrogen (secondary N) is 1. The summed E-state index contributed by atoms with van der Waals surface area (Å²) in [7, 11) is 1.87. The Morgan fingerprint density at radius 3 is 2.72 bits per heavy atom. The number of hydrogen-bond donors (Lipinski definition) is 1. The molecular formula is C15H23FN2. The first-order valence-corrected chi connectivity index (χ1v) is 6.46. The van der Waals surface area contributed by atoms with Crippen LogP contribution in [-0.2, 0) is 0 Å². The van der Waals surface area contributed by atoms with Crippen molar-refractivity contribution < 1.29 is 4.39 Å². The summed E-state index contributed by atoms with van der Waals surface area (Å²) in [5.41, 5.74) is 1.62. The van der Waals surface area contributed by atoms with Gasteiger partial charge in [-0.25, -0.2) is 4.39 Å². The van der Waals surface area contributed by atoms with Gasteiger partial charge in [0.15, 0.2) is 0 Å². The van der Waals surface area contributed by atoms with Crippen LogP contribution in [0.15, 0.2) is 30.9 Å². The van der Waals surface area contributed by atoms with Gasteiger partial charge in [-0.3, -0.25) is 0 Å². The highest BCUT2D eigenvalue weighted by atomic mass is 19.1. The molecule has 0 saturated carbocycles. The Labute approximate surface area is 110 Å². The number of nitrogens with zero attached hydrogens (tertiary/aromatic N) is 1. The van der Waals surface area contributed by atoms with E-state index < -0.39 is 0 Å². The van der Waals surface area contributed by atoms with Crippen LogP contribution in [0.5, 0.6) is 0 Å². The molecule has 0 heterocycles. The maximum absolute atomic E-state index is 14.1. The van der Waals surface area contributed by atoms with E-state index in [0.29, 0.717) is 12.2 Å². The van der Waals surface area contributed by atoms with Crippen molar-refractivity contribution in [3.63, 3.8) is 0 Å². The molecule has 0 fully saturated rings. The Kier molecular flexibility index (Phi) is 5.86. The van der Waals surface area contributed by atoms with Crippen LogP contribution in [0.1, 0.15) is 31.9 Å². The van der Waals surface area contributed by atoms with Gasteiger partial charge in [0.2, 0.25) is 0 Å². The predicted octanol–water partition coefficient (Wildman–Crippen LogP) is 3.51. The van der Waals surface area contributed by atoms with Gasteiger partial charge in [0.1, 0.15) is 5.82 Å². The molecule has 0 bridgehead atoms. The third-order valence-electron chi connectivity index (χ3n) is 3.09. The van der Waals surface area contributed by atoms with Crippen LogP contribution >= 0.6 is 0 Å². The van der Waals surface area contributed by atoms with Crippen LogP contribution in [-0.4, -0.2) is 20.1 Å². The fraction of sp³-hybridized carbons (Fsp3) is 0.467. The van der Waals surface area contributed by atoms with Gasteiger partial charge in [0.25, 0.3) is 0 Å². The second-order valence-electron chi connectivity index (χ2n) is 4.46.